The predicted octanol–water partition coefficient (Wildman–Crippen LogP) is -2.74. The average Bonchev–Trinajstić information content (AvgIpc) is 2.17. The first-order valence-electron chi connectivity index (χ1n) is 5.33. The van der Waals surface area contributed by atoms with E-state index >= 15 is 0 Å². The molecule has 1 N–H and O–H groups in total. The quantitative estimate of drug-likeness (QED) is 0.518. The highest BCUT2D eigenvalue weighted by atomic mass is 16.4. The standard InChI is InChI=1S/C10H18N2O3/c1-8(2)11-3-5-12(6-4-11)9(13)7-10(14)15/h8H,3-7H2,1-2H3,(H,14,15). The molecule has 0 aromatic rings. The molecule has 1 amide bonds. The largest absolute Gasteiger partial charge is 0.550 e. The number of carboxylic acid groups (broad SMARTS) is 1. The summed E-state index contributed by atoms with van der Waals surface area (Å²) in [6.07, 6.45) is -0.489. The summed E-state index contributed by atoms with van der Waals surface area (Å²) >= 11 is 0. The predicted molar refractivity (Wildman–Crippen MR) is 52.0 cm³/mol. The van der Waals surface area contributed by atoms with Gasteiger partial charge in [0.25, 0.3) is 0 Å². The maximum absolute atomic E-state index is 11.4. The van der Waals surface area contributed by atoms with Crippen LogP contribution in [0.25, 0.3) is 0 Å². The van der Waals surface area contributed by atoms with E-state index in [-0.39, 0.29) is 5.91 Å². The Morgan fingerprint density at radius 1 is 1.33 bits per heavy atom. The molecule has 0 aromatic carbocycles. The molecular formula is C10H18N2O3. The smallest absolute Gasteiger partial charge is 0.228 e. The second kappa shape index (κ2) is 5.11. The Kier molecular flexibility index (Phi) is 4.08. The van der Waals surface area contributed by atoms with E-state index in [1.54, 1.807) is 4.90 Å². The minimum Gasteiger partial charge on any atom is -0.550 e. The summed E-state index contributed by atoms with van der Waals surface area (Å²) in [6, 6.07) is 0.559. The monoisotopic (exact) mass is 214 g/mol. The number of piperazine rings is 1. The van der Waals surface area contributed by atoms with Crippen molar-refractivity contribution in [2.45, 2.75) is 26.3 Å². The van der Waals surface area contributed by atoms with Crippen LogP contribution in [0.4, 0.5) is 0 Å². The van der Waals surface area contributed by atoms with E-state index in [2.05, 4.69) is 13.8 Å². The molecule has 5 nitrogen and oxygen atoms in total. The topological polar surface area (TPSA) is 64.9 Å². The zero-order valence-electron chi connectivity index (χ0n) is 9.28. The van der Waals surface area contributed by atoms with Crippen LogP contribution in [0.3, 0.4) is 0 Å². The molecule has 5 heteroatoms. The number of hydrogen-bond donors (Lipinski definition) is 1. The van der Waals surface area contributed by atoms with Crippen LogP contribution in [0.15, 0.2) is 0 Å². The van der Waals surface area contributed by atoms with Crippen molar-refractivity contribution in [3.8, 4) is 0 Å². The molecule has 1 heterocycles. The van der Waals surface area contributed by atoms with E-state index in [0.717, 1.165) is 13.1 Å². The van der Waals surface area contributed by atoms with Crippen molar-refractivity contribution in [1.29, 1.82) is 0 Å². The fourth-order valence-corrected chi connectivity index (χ4v) is 1.86. The fraction of sp³-hybridized carbons (Fsp3) is 0.800. The SMILES string of the molecule is CC(C)[NH+]1CCN(C(=O)CC(=O)[O-])CC1. The zero-order valence-corrected chi connectivity index (χ0v) is 9.28. The maximum Gasteiger partial charge on any atom is 0.228 e. The molecule has 0 spiro atoms. The van der Waals surface area contributed by atoms with E-state index in [1.165, 1.54) is 4.90 Å². The van der Waals surface area contributed by atoms with Gasteiger partial charge in [0, 0.05) is 0 Å². The van der Waals surface area contributed by atoms with Crippen molar-refractivity contribution in [2.24, 2.45) is 0 Å². The van der Waals surface area contributed by atoms with Gasteiger partial charge >= 0.3 is 0 Å². The fourth-order valence-electron chi connectivity index (χ4n) is 1.86. The summed E-state index contributed by atoms with van der Waals surface area (Å²) in [5, 5.41) is 10.3. The van der Waals surface area contributed by atoms with Crippen molar-refractivity contribution in [2.75, 3.05) is 26.2 Å². The van der Waals surface area contributed by atoms with Crippen LogP contribution >= 0.6 is 0 Å². The van der Waals surface area contributed by atoms with Crippen LogP contribution < -0.4 is 10.0 Å². The molecule has 0 atom stereocenters. The molecule has 1 rings (SSSR count). The normalized spacial score (nSPS) is 18.2. The Hall–Kier alpha value is -1.10. The highest BCUT2D eigenvalue weighted by molar-refractivity contribution is 5.92. The second-order valence-corrected chi connectivity index (χ2v) is 4.24. The Morgan fingerprint density at radius 2 is 1.87 bits per heavy atom. The minimum absolute atomic E-state index is 0.321. The lowest BCUT2D eigenvalue weighted by Gasteiger charge is -2.34. The molecule has 1 aliphatic heterocycles. The molecule has 0 aliphatic carbocycles. The molecule has 0 aromatic heterocycles. The van der Waals surface area contributed by atoms with Gasteiger partial charge in [0.2, 0.25) is 5.91 Å². The van der Waals surface area contributed by atoms with E-state index in [1.807, 2.05) is 0 Å². The van der Waals surface area contributed by atoms with Gasteiger partial charge in [-0.2, -0.15) is 0 Å². The first-order chi connectivity index (χ1) is 7.00. The van der Waals surface area contributed by atoms with Crippen molar-refractivity contribution in [3.05, 3.63) is 0 Å². The molecule has 0 radical (unpaired) electrons. The third-order valence-corrected chi connectivity index (χ3v) is 2.87. The van der Waals surface area contributed by atoms with Crippen LogP contribution in [0.1, 0.15) is 20.3 Å². The van der Waals surface area contributed by atoms with Gasteiger partial charge in [0.1, 0.15) is 0 Å². The number of hydrogen-bond acceptors (Lipinski definition) is 3. The molecule has 0 unspecified atom stereocenters. The Morgan fingerprint density at radius 3 is 2.27 bits per heavy atom. The minimum atomic E-state index is -1.29. The zero-order chi connectivity index (χ0) is 11.4. The summed E-state index contributed by atoms with van der Waals surface area (Å²) in [5.74, 6) is -1.61. The Balaban J connectivity index is 2.37. The molecular weight excluding hydrogens is 196 g/mol. The number of nitrogens with one attached hydrogen (secondary N) is 1. The third-order valence-electron chi connectivity index (χ3n) is 2.87. The summed E-state index contributed by atoms with van der Waals surface area (Å²) in [6.45, 7) is 7.40. The van der Waals surface area contributed by atoms with E-state index in [0.29, 0.717) is 19.1 Å². The van der Waals surface area contributed by atoms with Gasteiger partial charge in [0.05, 0.1) is 44.6 Å². The van der Waals surface area contributed by atoms with Crippen LogP contribution in [0.2, 0.25) is 0 Å². The second-order valence-electron chi connectivity index (χ2n) is 4.24. The lowest BCUT2D eigenvalue weighted by Crippen LogP contribution is -3.17. The highest BCUT2D eigenvalue weighted by Gasteiger charge is 2.24. The van der Waals surface area contributed by atoms with Gasteiger partial charge in [-0.15, -0.1) is 0 Å². The number of aliphatic carboxylic acids is 1. The van der Waals surface area contributed by atoms with Crippen LogP contribution in [-0.4, -0.2) is 49.0 Å². The third kappa shape index (κ3) is 3.51. The van der Waals surface area contributed by atoms with E-state index in [9.17, 15) is 14.7 Å². The Bertz CT molecular complexity index is 245. The number of quaternary nitrogens is 1. The lowest BCUT2D eigenvalue weighted by atomic mass is 10.2. The van der Waals surface area contributed by atoms with Crippen LogP contribution in [-0.2, 0) is 9.59 Å². The number of carbonyl (C=O) groups excluding carboxylic acids is 2. The van der Waals surface area contributed by atoms with Gasteiger partial charge in [-0.3, -0.25) is 4.79 Å². The molecule has 86 valence electrons. The summed E-state index contributed by atoms with van der Waals surface area (Å²) in [5.41, 5.74) is 0. The number of nitrogens with zero attached hydrogens (tertiary/aromatic N) is 1. The number of carbonyl (C=O) groups is 2. The van der Waals surface area contributed by atoms with Gasteiger partial charge < -0.3 is 19.7 Å². The van der Waals surface area contributed by atoms with Crippen LogP contribution in [0, 0.1) is 0 Å². The molecule has 1 saturated heterocycles. The van der Waals surface area contributed by atoms with Gasteiger partial charge in [-0.25, -0.2) is 0 Å². The molecule has 1 aliphatic rings. The van der Waals surface area contributed by atoms with Gasteiger partial charge in [-0.05, 0) is 13.8 Å². The van der Waals surface area contributed by atoms with Crippen molar-refractivity contribution in [3.63, 3.8) is 0 Å². The van der Waals surface area contributed by atoms with Crippen molar-refractivity contribution >= 4 is 11.9 Å². The summed E-state index contributed by atoms with van der Waals surface area (Å²) in [7, 11) is 0. The van der Waals surface area contributed by atoms with Crippen molar-refractivity contribution < 1.29 is 19.6 Å². The molecule has 0 saturated carbocycles. The maximum atomic E-state index is 11.4. The first-order valence-corrected chi connectivity index (χ1v) is 5.33. The van der Waals surface area contributed by atoms with E-state index < -0.39 is 12.4 Å². The summed E-state index contributed by atoms with van der Waals surface area (Å²) < 4.78 is 0. The summed E-state index contributed by atoms with van der Waals surface area (Å²) in [4.78, 5) is 24.7. The number of rotatable bonds is 3. The molecule has 1 fully saturated rings. The number of carboxylic acids is 1. The van der Waals surface area contributed by atoms with Gasteiger partial charge in [0.15, 0.2) is 0 Å². The first kappa shape index (κ1) is 12.0. The van der Waals surface area contributed by atoms with E-state index in [4.69, 9.17) is 0 Å². The highest BCUT2D eigenvalue weighted by Crippen LogP contribution is 1.94. The van der Waals surface area contributed by atoms with Crippen LogP contribution in [0.5, 0.6) is 0 Å². The number of amides is 1. The Labute approximate surface area is 89.7 Å². The molecule has 15 heavy (non-hydrogen) atoms. The average molecular weight is 214 g/mol. The molecule has 0 bridgehead atoms. The van der Waals surface area contributed by atoms with Crippen molar-refractivity contribution in [1.82, 2.24) is 4.90 Å². The van der Waals surface area contributed by atoms with Gasteiger partial charge in [-0.1, -0.05) is 0 Å². The lowest BCUT2D eigenvalue weighted by molar-refractivity contribution is -0.925.